The van der Waals surface area contributed by atoms with Gasteiger partial charge in [0.25, 0.3) is 0 Å². The highest BCUT2D eigenvalue weighted by molar-refractivity contribution is 5.97. The second-order valence-corrected chi connectivity index (χ2v) is 8.98. The van der Waals surface area contributed by atoms with Crippen molar-refractivity contribution in [3.8, 4) is 33.4 Å². The van der Waals surface area contributed by atoms with Gasteiger partial charge in [0, 0.05) is 0 Å². The van der Waals surface area contributed by atoms with Crippen molar-refractivity contribution in [3.05, 3.63) is 143 Å². The van der Waals surface area contributed by atoms with Crippen LogP contribution < -0.4 is 0 Å². The molecule has 0 fully saturated rings. The molecule has 2 aliphatic rings. The monoisotopic (exact) mass is 406 g/mol. The topological polar surface area (TPSA) is 0 Å². The third kappa shape index (κ3) is 2.07. The van der Waals surface area contributed by atoms with Crippen molar-refractivity contribution in [1.29, 1.82) is 0 Å². The molecule has 0 aromatic heterocycles. The van der Waals surface area contributed by atoms with Crippen molar-refractivity contribution < 1.29 is 0 Å². The second kappa shape index (κ2) is 6.31. The van der Waals surface area contributed by atoms with Crippen LogP contribution in [0.5, 0.6) is 0 Å². The smallest absolute Gasteiger partial charge is 0.0619 e. The van der Waals surface area contributed by atoms with E-state index in [4.69, 9.17) is 0 Å². The van der Waals surface area contributed by atoms with Gasteiger partial charge >= 0.3 is 0 Å². The van der Waals surface area contributed by atoms with E-state index in [1.807, 2.05) is 0 Å². The summed E-state index contributed by atoms with van der Waals surface area (Å²) in [6.45, 7) is 2.19. The van der Waals surface area contributed by atoms with E-state index in [1.165, 1.54) is 61.2 Å². The van der Waals surface area contributed by atoms with Crippen LogP contribution >= 0.6 is 0 Å². The molecule has 7 rings (SSSR count). The summed E-state index contributed by atoms with van der Waals surface area (Å²) >= 11 is 0. The number of benzene rings is 5. The zero-order valence-electron chi connectivity index (χ0n) is 18.0. The van der Waals surface area contributed by atoms with E-state index in [0.717, 1.165) is 0 Å². The Morgan fingerprint density at radius 2 is 0.750 bits per heavy atom. The summed E-state index contributed by atoms with van der Waals surface area (Å²) in [5.74, 6) is 0. The van der Waals surface area contributed by atoms with Crippen LogP contribution in [-0.4, -0.2) is 0 Å². The number of rotatable bonds is 0. The molecule has 5 aromatic rings. The molecule has 1 spiro atoms. The molecule has 150 valence electrons. The molecule has 0 N–H and O–H groups in total. The molecule has 0 bridgehead atoms. The Labute approximate surface area is 188 Å². The summed E-state index contributed by atoms with van der Waals surface area (Å²) < 4.78 is 0. The summed E-state index contributed by atoms with van der Waals surface area (Å²) in [4.78, 5) is 0. The highest BCUT2D eigenvalue weighted by atomic mass is 14.5. The molecule has 5 aromatic carbocycles. The van der Waals surface area contributed by atoms with Gasteiger partial charge in [0.1, 0.15) is 0 Å². The van der Waals surface area contributed by atoms with Gasteiger partial charge in [0.2, 0.25) is 0 Å². The van der Waals surface area contributed by atoms with Crippen molar-refractivity contribution in [2.75, 3.05) is 0 Å². The highest BCUT2D eigenvalue weighted by Crippen LogP contribution is 2.61. The van der Waals surface area contributed by atoms with Crippen molar-refractivity contribution in [3.63, 3.8) is 0 Å². The number of hydrogen-bond donors (Lipinski definition) is 0. The number of fused-ring (bicyclic) bond motifs is 12. The van der Waals surface area contributed by atoms with Crippen LogP contribution in [0, 0.1) is 6.92 Å². The first-order valence-corrected chi connectivity index (χ1v) is 11.3. The predicted molar refractivity (Wildman–Crippen MR) is 133 cm³/mol. The molecule has 0 aliphatic heterocycles. The molecule has 0 saturated heterocycles. The van der Waals surface area contributed by atoms with Crippen molar-refractivity contribution in [1.82, 2.24) is 0 Å². The maximum Gasteiger partial charge on any atom is 0.0725 e. The standard InChI is InChI=1S/C32H22/c1-21-18-19-31-27(20-21)26-14-6-9-17-30(26)32(31)28-15-7-4-12-24(28)22-10-2-3-11-23(22)25-13-5-8-16-29(25)32/h2-20H,1H3. The van der Waals surface area contributed by atoms with Crippen LogP contribution in [0.4, 0.5) is 0 Å². The Morgan fingerprint density at radius 3 is 1.25 bits per heavy atom. The summed E-state index contributed by atoms with van der Waals surface area (Å²) in [6.07, 6.45) is 0. The SMILES string of the molecule is Cc1ccc2c(c1)-c1ccccc1C21c2ccccc2-c2ccccc2-c2ccccc21. The van der Waals surface area contributed by atoms with E-state index in [-0.39, 0.29) is 5.41 Å². The first kappa shape index (κ1) is 17.7. The summed E-state index contributed by atoms with van der Waals surface area (Å²) in [6, 6.07) is 43.0. The minimum Gasteiger partial charge on any atom is -0.0619 e. The summed E-state index contributed by atoms with van der Waals surface area (Å²) in [7, 11) is 0. The fraction of sp³-hybridized carbons (Fsp3) is 0.0625. The van der Waals surface area contributed by atoms with Gasteiger partial charge in [-0.05, 0) is 62.6 Å². The minimum absolute atomic E-state index is 0.341. The van der Waals surface area contributed by atoms with E-state index in [9.17, 15) is 0 Å². The first-order valence-electron chi connectivity index (χ1n) is 11.3. The van der Waals surface area contributed by atoms with Crippen LogP contribution in [0.2, 0.25) is 0 Å². The van der Waals surface area contributed by atoms with Crippen molar-refractivity contribution in [2.24, 2.45) is 0 Å². The van der Waals surface area contributed by atoms with Gasteiger partial charge in [-0.1, -0.05) is 121 Å². The molecule has 0 heteroatoms. The molecule has 32 heavy (non-hydrogen) atoms. The summed E-state index contributed by atoms with van der Waals surface area (Å²) in [5.41, 5.74) is 14.4. The average Bonchev–Trinajstić information content (AvgIpc) is 3.08. The summed E-state index contributed by atoms with van der Waals surface area (Å²) in [5, 5.41) is 0. The van der Waals surface area contributed by atoms with Crippen molar-refractivity contribution in [2.45, 2.75) is 12.3 Å². The molecule has 0 heterocycles. The molecular formula is C32H22. The maximum atomic E-state index is 2.37. The second-order valence-electron chi connectivity index (χ2n) is 8.98. The quantitative estimate of drug-likeness (QED) is 0.239. The zero-order chi connectivity index (χ0) is 21.3. The minimum atomic E-state index is -0.341. The molecule has 0 nitrogen and oxygen atoms in total. The van der Waals surface area contributed by atoms with Gasteiger partial charge in [0.05, 0.1) is 5.41 Å². The van der Waals surface area contributed by atoms with Gasteiger partial charge in [-0.3, -0.25) is 0 Å². The molecule has 0 atom stereocenters. The molecule has 0 amide bonds. The van der Waals surface area contributed by atoms with E-state index in [2.05, 4.69) is 122 Å². The van der Waals surface area contributed by atoms with Crippen LogP contribution in [0.3, 0.4) is 0 Å². The third-order valence-corrected chi connectivity index (χ3v) is 7.37. The van der Waals surface area contributed by atoms with Crippen LogP contribution in [0.25, 0.3) is 33.4 Å². The van der Waals surface area contributed by atoms with Gasteiger partial charge in [-0.15, -0.1) is 0 Å². The van der Waals surface area contributed by atoms with Gasteiger partial charge in [0.15, 0.2) is 0 Å². The Balaban J connectivity index is 1.77. The molecule has 0 saturated carbocycles. The largest absolute Gasteiger partial charge is 0.0725 e. The third-order valence-electron chi connectivity index (χ3n) is 7.37. The Kier molecular flexibility index (Phi) is 3.50. The van der Waals surface area contributed by atoms with E-state index in [0.29, 0.717) is 0 Å². The molecular weight excluding hydrogens is 384 g/mol. The number of hydrogen-bond acceptors (Lipinski definition) is 0. The fourth-order valence-electron chi connectivity index (χ4n) is 6.17. The van der Waals surface area contributed by atoms with Crippen LogP contribution in [0.1, 0.15) is 27.8 Å². The fourth-order valence-corrected chi connectivity index (χ4v) is 6.17. The number of aryl methyl sites for hydroxylation is 1. The highest BCUT2D eigenvalue weighted by Gasteiger charge is 2.49. The molecule has 2 aliphatic carbocycles. The maximum absolute atomic E-state index is 2.37. The lowest BCUT2D eigenvalue weighted by Gasteiger charge is -2.35. The normalized spacial score (nSPS) is 14.0. The van der Waals surface area contributed by atoms with Gasteiger partial charge in [-0.25, -0.2) is 0 Å². The van der Waals surface area contributed by atoms with Crippen LogP contribution in [-0.2, 0) is 5.41 Å². The lowest BCUT2D eigenvalue weighted by Crippen LogP contribution is -2.29. The lowest BCUT2D eigenvalue weighted by atomic mass is 9.66. The Hall–Kier alpha value is -3.90. The van der Waals surface area contributed by atoms with Crippen molar-refractivity contribution >= 4 is 0 Å². The lowest BCUT2D eigenvalue weighted by molar-refractivity contribution is 0.775. The molecule has 0 radical (unpaired) electrons. The van der Waals surface area contributed by atoms with Gasteiger partial charge in [-0.2, -0.15) is 0 Å². The van der Waals surface area contributed by atoms with E-state index in [1.54, 1.807) is 0 Å². The molecule has 0 unspecified atom stereocenters. The zero-order valence-corrected chi connectivity index (χ0v) is 18.0. The Morgan fingerprint density at radius 1 is 0.375 bits per heavy atom. The average molecular weight is 407 g/mol. The first-order chi connectivity index (χ1) is 15.8. The van der Waals surface area contributed by atoms with Gasteiger partial charge < -0.3 is 0 Å². The Bertz CT molecular complexity index is 1470. The van der Waals surface area contributed by atoms with E-state index >= 15 is 0 Å². The van der Waals surface area contributed by atoms with E-state index < -0.39 is 0 Å². The van der Waals surface area contributed by atoms with Crippen LogP contribution in [0.15, 0.2) is 115 Å². The predicted octanol–water partition coefficient (Wildman–Crippen LogP) is 8.01.